The molecule has 60 heavy (non-hydrogen) atoms. The highest BCUT2D eigenvalue weighted by Crippen LogP contribution is 2.49. The van der Waals surface area contributed by atoms with Crippen LogP contribution in [0, 0.1) is 0 Å². The van der Waals surface area contributed by atoms with Crippen molar-refractivity contribution in [2.75, 3.05) is 0 Å². The number of rotatable bonds is 5. The molecule has 282 valence electrons. The fourth-order valence-corrected chi connectivity index (χ4v) is 9.85. The van der Waals surface area contributed by atoms with E-state index in [1.165, 1.54) is 66.1 Å². The standard InChI is InChI=1S/C57H39N3/c1-57(2)50-22-8-5-16-45(50)46-34-33-41(35-51(46)57)36-25-27-39(28-26-36)44-20-12-21-48-47-17-7-10-24-53(47)60(55(44)48)56-58-52-23-9-6-18-49(52)54(59-56)40-31-29-38(30-32-40)43-19-11-14-37-13-3-4-15-42(37)43/h3-35H,1-2H3. The highest BCUT2D eigenvalue weighted by atomic mass is 15.2. The highest BCUT2D eigenvalue weighted by Gasteiger charge is 2.35. The number of nitrogens with zero attached hydrogens (tertiary/aromatic N) is 3. The van der Waals surface area contributed by atoms with Crippen molar-refractivity contribution >= 4 is 43.5 Å². The average molecular weight is 766 g/mol. The van der Waals surface area contributed by atoms with E-state index in [-0.39, 0.29) is 5.41 Å². The quantitative estimate of drug-likeness (QED) is 0.175. The van der Waals surface area contributed by atoms with Gasteiger partial charge in [-0.1, -0.05) is 196 Å². The molecule has 0 saturated heterocycles. The molecular formula is C57H39N3. The lowest BCUT2D eigenvalue weighted by molar-refractivity contribution is 0.660. The molecule has 2 aromatic heterocycles. The van der Waals surface area contributed by atoms with Gasteiger partial charge < -0.3 is 0 Å². The summed E-state index contributed by atoms with van der Waals surface area (Å²) in [6.07, 6.45) is 0. The van der Waals surface area contributed by atoms with Gasteiger partial charge in [-0.25, -0.2) is 9.97 Å². The molecule has 0 unspecified atom stereocenters. The largest absolute Gasteiger partial charge is 0.277 e. The second-order valence-corrected chi connectivity index (χ2v) is 16.6. The molecule has 0 saturated carbocycles. The molecule has 11 aromatic rings. The van der Waals surface area contributed by atoms with Crippen LogP contribution < -0.4 is 0 Å². The Bertz CT molecular complexity index is 3490. The van der Waals surface area contributed by atoms with Crippen LogP contribution in [0.25, 0.3) is 105 Å². The Morgan fingerprint density at radius 2 is 0.950 bits per heavy atom. The first-order valence-electron chi connectivity index (χ1n) is 20.7. The molecule has 1 aliphatic carbocycles. The molecule has 0 bridgehead atoms. The van der Waals surface area contributed by atoms with Crippen LogP contribution in [-0.4, -0.2) is 14.5 Å². The number of benzene rings is 9. The van der Waals surface area contributed by atoms with Gasteiger partial charge in [0.15, 0.2) is 0 Å². The third-order valence-corrected chi connectivity index (χ3v) is 12.9. The minimum Gasteiger partial charge on any atom is -0.277 e. The van der Waals surface area contributed by atoms with Crippen LogP contribution in [0.2, 0.25) is 0 Å². The van der Waals surface area contributed by atoms with Crippen molar-refractivity contribution < 1.29 is 0 Å². The molecule has 0 spiro atoms. The van der Waals surface area contributed by atoms with E-state index in [1.54, 1.807) is 0 Å². The van der Waals surface area contributed by atoms with E-state index in [0.29, 0.717) is 5.95 Å². The zero-order valence-electron chi connectivity index (χ0n) is 33.4. The SMILES string of the molecule is CC1(C)c2ccccc2-c2ccc(-c3ccc(-c4cccc5c6ccccc6n(-c6nc(-c7ccc(-c8cccc9ccccc89)cc7)c7ccccc7n6)c45)cc3)cc21. The normalized spacial score (nSPS) is 13.0. The van der Waals surface area contributed by atoms with E-state index in [4.69, 9.17) is 9.97 Å². The van der Waals surface area contributed by atoms with Gasteiger partial charge in [-0.05, 0) is 79.0 Å². The third kappa shape index (κ3) is 5.22. The summed E-state index contributed by atoms with van der Waals surface area (Å²) in [6, 6.07) is 72.4. The molecule has 0 fully saturated rings. The zero-order valence-corrected chi connectivity index (χ0v) is 33.4. The summed E-state index contributed by atoms with van der Waals surface area (Å²) in [6.45, 7) is 4.69. The zero-order chi connectivity index (χ0) is 40.0. The van der Waals surface area contributed by atoms with Crippen molar-refractivity contribution in [1.29, 1.82) is 0 Å². The molecule has 0 radical (unpaired) electrons. The predicted octanol–water partition coefficient (Wildman–Crippen LogP) is 14.9. The van der Waals surface area contributed by atoms with Crippen LogP contribution in [0.15, 0.2) is 200 Å². The monoisotopic (exact) mass is 765 g/mol. The third-order valence-electron chi connectivity index (χ3n) is 12.9. The lowest BCUT2D eigenvalue weighted by Gasteiger charge is -2.22. The van der Waals surface area contributed by atoms with Gasteiger partial charge in [0.2, 0.25) is 5.95 Å². The molecule has 0 N–H and O–H groups in total. The van der Waals surface area contributed by atoms with Gasteiger partial charge in [-0.3, -0.25) is 4.57 Å². The number of para-hydroxylation sites is 3. The van der Waals surface area contributed by atoms with Crippen LogP contribution in [-0.2, 0) is 5.41 Å². The Labute approximate surface area is 348 Å². The molecule has 2 heterocycles. The van der Waals surface area contributed by atoms with Crippen molar-refractivity contribution in [3.8, 4) is 61.7 Å². The second kappa shape index (κ2) is 13.2. The van der Waals surface area contributed by atoms with E-state index in [1.807, 2.05) is 0 Å². The smallest absolute Gasteiger partial charge is 0.235 e. The van der Waals surface area contributed by atoms with E-state index < -0.39 is 0 Å². The molecule has 1 aliphatic rings. The van der Waals surface area contributed by atoms with Crippen molar-refractivity contribution in [2.45, 2.75) is 19.3 Å². The van der Waals surface area contributed by atoms with Crippen molar-refractivity contribution in [3.63, 3.8) is 0 Å². The second-order valence-electron chi connectivity index (χ2n) is 16.6. The maximum atomic E-state index is 5.46. The summed E-state index contributed by atoms with van der Waals surface area (Å²) in [5.41, 5.74) is 17.6. The van der Waals surface area contributed by atoms with Gasteiger partial charge in [0.25, 0.3) is 0 Å². The van der Waals surface area contributed by atoms with Gasteiger partial charge in [0, 0.05) is 32.7 Å². The maximum Gasteiger partial charge on any atom is 0.235 e. The average Bonchev–Trinajstić information content (AvgIpc) is 3.77. The first kappa shape index (κ1) is 34.4. The van der Waals surface area contributed by atoms with Gasteiger partial charge >= 0.3 is 0 Å². The molecule has 0 atom stereocenters. The van der Waals surface area contributed by atoms with Crippen LogP contribution in [0.4, 0.5) is 0 Å². The fraction of sp³-hybridized carbons (Fsp3) is 0.0526. The van der Waals surface area contributed by atoms with E-state index in [2.05, 4.69) is 219 Å². The van der Waals surface area contributed by atoms with Gasteiger partial charge in [0.1, 0.15) is 0 Å². The van der Waals surface area contributed by atoms with Crippen molar-refractivity contribution in [3.05, 3.63) is 211 Å². The summed E-state index contributed by atoms with van der Waals surface area (Å²) in [7, 11) is 0. The fourth-order valence-electron chi connectivity index (χ4n) is 9.85. The lowest BCUT2D eigenvalue weighted by atomic mass is 9.81. The summed E-state index contributed by atoms with van der Waals surface area (Å²) >= 11 is 0. The number of hydrogen-bond acceptors (Lipinski definition) is 2. The number of fused-ring (bicyclic) bond motifs is 8. The van der Waals surface area contributed by atoms with Crippen LogP contribution in [0.5, 0.6) is 0 Å². The van der Waals surface area contributed by atoms with Crippen LogP contribution in [0.3, 0.4) is 0 Å². The van der Waals surface area contributed by atoms with Crippen LogP contribution in [0.1, 0.15) is 25.0 Å². The first-order valence-corrected chi connectivity index (χ1v) is 20.7. The topological polar surface area (TPSA) is 30.7 Å². The van der Waals surface area contributed by atoms with Gasteiger partial charge in [0.05, 0.1) is 22.2 Å². The van der Waals surface area contributed by atoms with Gasteiger partial charge in [-0.2, -0.15) is 0 Å². The molecule has 0 amide bonds. The molecule has 3 heteroatoms. The van der Waals surface area contributed by atoms with Crippen molar-refractivity contribution in [1.82, 2.24) is 14.5 Å². The van der Waals surface area contributed by atoms with E-state index in [9.17, 15) is 0 Å². The lowest BCUT2D eigenvalue weighted by Crippen LogP contribution is -2.14. The van der Waals surface area contributed by atoms with E-state index >= 15 is 0 Å². The Balaban J connectivity index is 0.987. The molecule has 12 rings (SSSR count). The molecule has 0 aliphatic heterocycles. The minimum atomic E-state index is -0.0451. The summed E-state index contributed by atoms with van der Waals surface area (Å²) in [5, 5.41) is 5.85. The Morgan fingerprint density at radius 1 is 0.383 bits per heavy atom. The first-order chi connectivity index (χ1) is 29.5. The summed E-state index contributed by atoms with van der Waals surface area (Å²) in [4.78, 5) is 10.8. The Morgan fingerprint density at radius 3 is 1.80 bits per heavy atom. The molecular weight excluding hydrogens is 727 g/mol. The summed E-state index contributed by atoms with van der Waals surface area (Å²) in [5.74, 6) is 0.652. The number of aromatic nitrogens is 3. The van der Waals surface area contributed by atoms with Crippen molar-refractivity contribution in [2.24, 2.45) is 0 Å². The molecule has 3 nitrogen and oxygen atoms in total. The van der Waals surface area contributed by atoms with Crippen LogP contribution >= 0.6 is 0 Å². The summed E-state index contributed by atoms with van der Waals surface area (Å²) < 4.78 is 2.27. The Hall–Kier alpha value is -7.62. The Kier molecular flexibility index (Phi) is 7.58. The van der Waals surface area contributed by atoms with E-state index in [0.717, 1.165) is 44.3 Å². The highest BCUT2D eigenvalue weighted by molar-refractivity contribution is 6.14. The minimum absolute atomic E-state index is 0.0451. The molecule has 9 aromatic carbocycles. The number of hydrogen-bond donors (Lipinski definition) is 0. The van der Waals surface area contributed by atoms with Gasteiger partial charge in [-0.15, -0.1) is 0 Å². The predicted molar refractivity (Wildman–Crippen MR) is 251 cm³/mol. The maximum absolute atomic E-state index is 5.46.